The van der Waals surface area contributed by atoms with Crippen LogP contribution in [0.2, 0.25) is 0 Å². The van der Waals surface area contributed by atoms with Crippen LogP contribution < -0.4 is 11.1 Å². The number of nitrogens with two attached hydrogens (primary N) is 1. The molecule has 24 heavy (non-hydrogen) atoms. The van der Waals surface area contributed by atoms with Crippen molar-refractivity contribution in [3.8, 4) is 0 Å². The van der Waals surface area contributed by atoms with Crippen LogP contribution in [0.15, 0.2) is 0 Å². The fourth-order valence-electron chi connectivity index (χ4n) is 4.57. The van der Waals surface area contributed by atoms with Crippen LogP contribution in [0.3, 0.4) is 0 Å². The number of nitrogens with one attached hydrogen (secondary N) is 1. The Hall–Kier alpha value is -0.700. The summed E-state index contributed by atoms with van der Waals surface area (Å²) in [6.07, 6.45) is 8.12. The van der Waals surface area contributed by atoms with Crippen LogP contribution in [0, 0.1) is 12.3 Å². The largest absolute Gasteiger partial charge is 0.368 e. The molecule has 3 heterocycles. The van der Waals surface area contributed by atoms with E-state index in [2.05, 4.69) is 16.6 Å². The lowest BCUT2D eigenvalue weighted by Crippen LogP contribution is -2.59. The Balaban J connectivity index is 1.45. The fourth-order valence-corrected chi connectivity index (χ4v) is 5.48. The fraction of sp³-hybridized carbons (Fsp3) is 0.875. The maximum Gasteiger partial charge on any atom is 0.237 e. The van der Waals surface area contributed by atoms with Gasteiger partial charge in [0.1, 0.15) is 5.54 Å². The first-order chi connectivity index (χ1) is 11.3. The van der Waals surface area contributed by atoms with Crippen LogP contribution in [0.5, 0.6) is 0 Å². The first kappa shape index (κ1) is 18.1. The highest BCUT2D eigenvalue weighted by molar-refractivity contribution is 7.88. The third kappa shape index (κ3) is 3.47. The van der Waals surface area contributed by atoms with Crippen molar-refractivity contribution < 1.29 is 13.2 Å². The predicted molar refractivity (Wildman–Crippen MR) is 92.6 cm³/mol. The van der Waals surface area contributed by atoms with Gasteiger partial charge in [-0.3, -0.25) is 9.69 Å². The number of rotatable bonds is 7. The van der Waals surface area contributed by atoms with Crippen molar-refractivity contribution in [3.63, 3.8) is 0 Å². The summed E-state index contributed by atoms with van der Waals surface area (Å²) in [4.78, 5) is 14.3. The summed E-state index contributed by atoms with van der Waals surface area (Å²) in [6, 6.07) is 0.445. The molecule has 3 atom stereocenters. The zero-order chi connectivity index (χ0) is 17.4. The molecule has 3 aliphatic heterocycles. The van der Waals surface area contributed by atoms with E-state index < -0.39 is 15.6 Å². The van der Waals surface area contributed by atoms with Crippen LogP contribution in [0.25, 0.3) is 0 Å². The summed E-state index contributed by atoms with van der Waals surface area (Å²) >= 11 is 0. The van der Waals surface area contributed by atoms with Crippen molar-refractivity contribution >= 4 is 15.9 Å². The number of piperidine rings is 1. The predicted octanol–water partition coefficient (Wildman–Crippen LogP) is -0.456. The second-order valence-corrected chi connectivity index (χ2v) is 9.47. The van der Waals surface area contributed by atoms with Crippen molar-refractivity contribution in [2.24, 2.45) is 11.7 Å². The zero-order valence-electron chi connectivity index (χ0n) is 14.4. The maximum atomic E-state index is 12.0. The molecule has 137 valence electrons. The highest BCUT2D eigenvalue weighted by Crippen LogP contribution is 2.43. The highest BCUT2D eigenvalue weighted by Gasteiger charge is 2.52. The minimum absolute atomic E-state index is 0.194. The van der Waals surface area contributed by atoms with Gasteiger partial charge in [-0.15, -0.1) is 0 Å². The molecule has 3 saturated heterocycles. The zero-order valence-corrected chi connectivity index (χ0v) is 15.2. The lowest BCUT2D eigenvalue weighted by Gasteiger charge is -2.42. The first-order valence-corrected chi connectivity index (χ1v) is 10.7. The topological polar surface area (TPSA) is 95.7 Å². The SMILES string of the molecule is CS(=O)(=O)N1CCC(CNCCN2[C@@H]3C[CH]C[C@@]2(C(N)=O)CC3)C1. The molecule has 0 aliphatic carbocycles. The van der Waals surface area contributed by atoms with Crippen LogP contribution in [0.4, 0.5) is 0 Å². The molecule has 0 spiro atoms. The molecule has 3 N–H and O–H groups in total. The van der Waals surface area contributed by atoms with E-state index >= 15 is 0 Å². The molecule has 3 rings (SSSR count). The lowest BCUT2D eigenvalue weighted by atomic mass is 9.87. The van der Waals surface area contributed by atoms with Gasteiger partial charge in [0.25, 0.3) is 0 Å². The van der Waals surface area contributed by atoms with Crippen molar-refractivity contribution in [1.29, 1.82) is 0 Å². The molecule has 8 heteroatoms. The van der Waals surface area contributed by atoms with E-state index in [0.717, 1.165) is 51.7 Å². The molecule has 0 saturated carbocycles. The Morgan fingerprint density at radius 2 is 2.21 bits per heavy atom. The number of carbonyl (C=O) groups excluding carboxylic acids is 1. The molecule has 1 unspecified atom stereocenters. The van der Waals surface area contributed by atoms with Crippen LogP contribution >= 0.6 is 0 Å². The van der Waals surface area contributed by atoms with Gasteiger partial charge < -0.3 is 11.1 Å². The summed E-state index contributed by atoms with van der Waals surface area (Å²) in [5.41, 5.74) is 5.24. The molecule has 0 aromatic heterocycles. The van der Waals surface area contributed by atoms with E-state index in [1.807, 2.05) is 0 Å². The van der Waals surface area contributed by atoms with Gasteiger partial charge in [0, 0.05) is 32.2 Å². The van der Waals surface area contributed by atoms with Crippen LogP contribution in [-0.2, 0) is 14.8 Å². The molecule has 3 fully saturated rings. The van der Waals surface area contributed by atoms with E-state index in [1.54, 1.807) is 4.31 Å². The molecule has 7 nitrogen and oxygen atoms in total. The van der Waals surface area contributed by atoms with Crippen LogP contribution in [0.1, 0.15) is 32.1 Å². The molecule has 1 amide bonds. The minimum Gasteiger partial charge on any atom is -0.368 e. The second kappa shape index (κ2) is 6.90. The molecule has 1 radical (unpaired) electrons. The number of nitrogens with zero attached hydrogens (tertiary/aromatic N) is 2. The van der Waals surface area contributed by atoms with Gasteiger partial charge >= 0.3 is 0 Å². The van der Waals surface area contributed by atoms with Crippen molar-refractivity contribution in [3.05, 3.63) is 6.42 Å². The van der Waals surface area contributed by atoms with Gasteiger partial charge in [0.2, 0.25) is 15.9 Å². The summed E-state index contributed by atoms with van der Waals surface area (Å²) < 4.78 is 24.6. The molecule has 0 aromatic carbocycles. The van der Waals surface area contributed by atoms with E-state index in [1.165, 1.54) is 6.26 Å². The smallest absolute Gasteiger partial charge is 0.237 e. The van der Waals surface area contributed by atoms with Gasteiger partial charge in [-0.1, -0.05) is 0 Å². The minimum atomic E-state index is -3.06. The number of hydrogen-bond acceptors (Lipinski definition) is 5. The molecule has 3 aliphatic rings. The lowest BCUT2D eigenvalue weighted by molar-refractivity contribution is -0.130. The first-order valence-electron chi connectivity index (χ1n) is 8.87. The molecule has 0 aromatic rings. The Morgan fingerprint density at radius 1 is 1.42 bits per heavy atom. The second-order valence-electron chi connectivity index (χ2n) is 7.49. The number of sulfonamides is 1. The maximum absolute atomic E-state index is 12.0. The average Bonchev–Trinajstić information content (AvgIpc) is 3.05. The van der Waals surface area contributed by atoms with Gasteiger partial charge in [-0.2, -0.15) is 0 Å². The summed E-state index contributed by atoms with van der Waals surface area (Å²) in [5.74, 6) is 0.178. The molecular formula is C16H29N4O3S. The van der Waals surface area contributed by atoms with Gasteiger partial charge in [-0.25, -0.2) is 12.7 Å². The van der Waals surface area contributed by atoms with E-state index in [0.29, 0.717) is 25.0 Å². The summed E-state index contributed by atoms with van der Waals surface area (Å²) in [7, 11) is -3.06. The van der Waals surface area contributed by atoms with Gasteiger partial charge in [-0.05, 0) is 51.0 Å². The van der Waals surface area contributed by atoms with Crippen LogP contribution in [-0.4, -0.2) is 74.1 Å². The number of amides is 1. The Kier molecular flexibility index (Phi) is 5.20. The van der Waals surface area contributed by atoms with Gasteiger partial charge in [0.05, 0.1) is 6.26 Å². The average molecular weight is 358 g/mol. The quantitative estimate of drug-likeness (QED) is 0.602. The van der Waals surface area contributed by atoms with E-state index in [4.69, 9.17) is 5.73 Å². The monoisotopic (exact) mass is 357 g/mol. The third-order valence-corrected chi connectivity index (χ3v) is 7.21. The Labute approximate surface area is 145 Å². The van der Waals surface area contributed by atoms with Crippen molar-refractivity contribution in [2.45, 2.75) is 43.7 Å². The highest BCUT2D eigenvalue weighted by atomic mass is 32.2. The Morgan fingerprint density at radius 3 is 2.88 bits per heavy atom. The molecule has 2 bridgehead atoms. The van der Waals surface area contributed by atoms with Crippen molar-refractivity contribution in [1.82, 2.24) is 14.5 Å². The number of hydrogen-bond donors (Lipinski definition) is 2. The van der Waals surface area contributed by atoms with E-state index in [9.17, 15) is 13.2 Å². The van der Waals surface area contributed by atoms with E-state index in [-0.39, 0.29) is 5.91 Å². The standard InChI is InChI=1S/C16H29N4O3S/c1-24(22,23)19-9-5-13(12-19)11-18-8-10-20-14-3-2-6-16(20,7-4-14)15(17)21/h2,13-14,18H,3-12H2,1H3,(H2,17,21)/t13?,14-,16+/m1/s1. The normalized spacial score (nSPS) is 34.7. The third-order valence-electron chi connectivity index (χ3n) is 5.94. The van der Waals surface area contributed by atoms with Crippen molar-refractivity contribution in [2.75, 3.05) is 39.0 Å². The number of fused-ring (bicyclic) bond motifs is 2. The van der Waals surface area contributed by atoms with Gasteiger partial charge in [0.15, 0.2) is 0 Å². The Bertz CT molecular complexity index is 578. The number of primary amides is 1. The summed E-state index contributed by atoms with van der Waals surface area (Å²) in [5, 5.41) is 3.45. The number of carbonyl (C=O) groups is 1. The molecular weight excluding hydrogens is 328 g/mol. The summed E-state index contributed by atoms with van der Waals surface area (Å²) in [6.45, 7) is 3.68.